The van der Waals surface area contributed by atoms with Crippen molar-refractivity contribution in [1.29, 1.82) is 0 Å². The Morgan fingerprint density at radius 3 is 2.88 bits per heavy atom. The SMILES string of the molecule is NCc1cnc(N2CCCC2C(N)=O)cn1. The maximum absolute atomic E-state index is 11.2. The first-order valence-corrected chi connectivity index (χ1v) is 5.29. The largest absolute Gasteiger partial charge is 0.368 e. The van der Waals surface area contributed by atoms with Gasteiger partial charge in [-0.05, 0) is 12.8 Å². The van der Waals surface area contributed by atoms with E-state index in [-0.39, 0.29) is 11.9 Å². The molecule has 1 unspecified atom stereocenters. The number of anilines is 1. The Morgan fingerprint density at radius 1 is 1.50 bits per heavy atom. The number of nitrogens with two attached hydrogens (primary N) is 2. The van der Waals surface area contributed by atoms with Gasteiger partial charge in [-0.2, -0.15) is 0 Å². The molecular weight excluding hydrogens is 206 g/mol. The topological polar surface area (TPSA) is 98.1 Å². The molecule has 0 bridgehead atoms. The maximum Gasteiger partial charge on any atom is 0.240 e. The minimum atomic E-state index is -0.304. The number of nitrogens with zero attached hydrogens (tertiary/aromatic N) is 3. The molecule has 1 saturated heterocycles. The van der Waals surface area contributed by atoms with E-state index in [1.165, 1.54) is 0 Å². The van der Waals surface area contributed by atoms with Gasteiger partial charge in [-0.1, -0.05) is 0 Å². The lowest BCUT2D eigenvalue weighted by Gasteiger charge is -2.22. The number of primary amides is 1. The summed E-state index contributed by atoms with van der Waals surface area (Å²) in [6, 6.07) is -0.252. The van der Waals surface area contributed by atoms with Gasteiger partial charge < -0.3 is 16.4 Å². The molecular formula is C10H15N5O. The van der Waals surface area contributed by atoms with E-state index in [9.17, 15) is 4.79 Å². The van der Waals surface area contributed by atoms with Crippen LogP contribution in [0.3, 0.4) is 0 Å². The van der Waals surface area contributed by atoms with Gasteiger partial charge in [0.1, 0.15) is 11.9 Å². The fourth-order valence-corrected chi connectivity index (χ4v) is 1.94. The molecule has 6 heteroatoms. The van der Waals surface area contributed by atoms with Crippen molar-refractivity contribution in [3.63, 3.8) is 0 Å². The highest BCUT2D eigenvalue weighted by Gasteiger charge is 2.29. The van der Waals surface area contributed by atoms with E-state index >= 15 is 0 Å². The second-order valence-electron chi connectivity index (χ2n) is 3.82. The van der Waals surface area contributed by atoms with Crippen LogP contribution in [0, 0.1) is 0 Å². The third-order valence-corrected chi connectivity index (χ3v) is 2.78. The number of hydrogen-bond donors (Lipinski definition) is 2. The Morgan fingerprint density at radius 2 is 2.31 bits per heavy atom. The van der Waals surface area contributed by atoms with Crippen LogP contribution in [0.25, 0.3) is 0 Å². The molecule has 0 aromatic carbocycles. The van der Waals surface area contributed by atoms with E-state index in [2.05, 4.69) is 9.97 Å². The summed E-state index contributed by atoms with van der Waals surface area (Å²) < 4.78 is 0. The first-order chi connectivity index (χ1) is 7.72. The number of aromatic nitrogens is 2. The highest BCUT2D eigenvalue weighted by molar-refractivity contribution is 5.83. The second-order valence-corrected chi connectivity index (χ2v) is 3.82. The highest BCUT2D eigenvalue weighted by atomic mass is 16.1. The second kappa shape index (κ2) is 4.44. The van der Waals surface area contributed by atoms with E-state index in [1.807, 2.05) is 4.90 Å². The number of carbonyl (C=O) groups excluding carboxylic acids is 1. The zero-order valence-electron chi connectivity index (χ0n) is 8.97. The quantitative estimate of drug-likeness (QED) is 0.709. The first-order valence-electron chi connectivity index (χ1n) is 5.29. The summed E-state index contributed by atoms with van der Waals surface area (Å²) >= 11 is 0. The Kier molecular flexibility index (Phi) is 3.00. The van der Waals surface area contributed by atoms with Gasteiger partial charge >= 0.3 is 0 Å². The lowest BCUT2D eigenvalue weighted by molar-refractivity contribution is -0.119. The molecule has 0 aliphatic carbocycles. The molecule has 1 aromatic rings. The predicted molar refractivity (Wildman–Crippen MR) is 59.5 cm³/mol. The Bertz CT molecular complexity index is 377. The molecule has 1 aliphatic rings. The van der Waals surface area contributed by atoms with Crippen LogP contribution >= 0.6 is 0 Å². The third-order valence-electron chi connectivity index (χ3n) is 2.78. The van der Waals surface area contributed by atoms with Crippen LogP contribution in [0.1, 0.15) is 18.5 Å². The fraction of sp³-hybridized carbons (Fsp3) is 0.500. The summed E-state index contributed by atoms with van der Waals surface area (Å²) in [5.74, 6) is 0.390. The van der Waals surface area contributed by atoms with E-state index in [0.29, 0.717) is 12.4 Å². The van der Waals surface area contributed by atoms with Crippen LogP contribution in [0.2, 0.25) is 0 Å². The lowest BCUT2D eigenvalue weighted by Crippen LogP contribution is -2.40. The average molecular weight is 221 g/mol. The molecule has 1 fully saturated rings. The molecule has 2 rings (SSSR count). The van der Waals surface area contributed by atoms with Gasteiger partial charge in [-0.25, -0.2) is 4.98 Å². The molecule has 0 saturated carbocycles. The maximum atomic E-state index is 11.2. The van der Waals surface area contributed by atoms with Crippen molar-refractivity contribution in [2.75, 3.05) is 11.4 Å². The average Bonchev–Trinajstić information content (AvgIpc) is 2.78. The van der Waals surface area contributed by atoms with Crippen molar-refractivity contribution in [1.82, 2.24) is 9.97 Å². The molecule has 1 aliphatic heterocycles. The standard InChI is InChI=1S/C10H15N5O/c11-4-7-5-14-9(6-13-7)15-3-1-2-8(15)10(12)16/h5-6,8H,1-4,11H2,(H2,12,16). The van der Waals surface area contributed by atoms with Crippen LogP contribution in [-0.2, 0) is 11.3 Å². The zero-order chi connectivity index (χ0) is 11.5. The molecule has 1 atom stereocenters. The monoisotopic (exact) mass is 221 g/mol. The van der Waals surface area contributed by atoms with Gasteiger partial charge in [0.15, 0.2) is 0 Å². The van der Waals surface area contributed by atoms with Crippen molar-refractivity contribution >= 4 is 11.7 Å². The van der Waals surface area contributed by atoms with E-state index in [0.717, 1.165) is 25.1 Å². The van der Waals surface area contributed by atoms with Gasteiger partial charge in [0.2, 0.25) is 5.91 Å². The van der Waals surface area contributed by atoms with Crippen molar-refractivity contribution in [3.05, 3.63) is 18.1 Å². The van der Waals surface area contributed by atoms with E-state index in [4.69, 9.17) is 11.5 Å². The summed E-state index contributed by atoms with van der Waals surface area (Å²) in [5, 5.41) is 0. The molecule has 16 heavy (non-hydrogen) atoms. The fourth-order valence-electron chi connectivity index (χ4n) is 1.94. The van der Waals surface area contributed by atoms with Gasteiger partial charge in [-0.15, -0.1) is 0 Å². The van der Waals surface area contributed by atoms with Crippen molar-refractivity contribution < 1.29 is 4.79 Å². The highest BCUT2D eigenvalue weighted by Crippen LogP contribution is 2.22. The van der Waals surface area contributed by atoms with Crippen LogP contribution in [0.5, 0.6) is 0 Å². The summed E-state index contributed by atoms with van der Waals surface area (Å²) in [6.07, 6.45) is 5.01. The number of amides is 1. The Labute approximate surface area is 93.7 Å². The smallest absolute Gasteiger partial charge is 0.240 e. The van der Waals surface area contributed by atoms with Crippen LogP contribution < -0.4 is 16.4 Å². The van der Waals surface area contributed by atoms with E-state index in [1.54, 1.807) is 12.4 Å². The number of carbonyl (C=O) groups is 1. The molecule has 6 nitrogen and oxygen atoms in total. The van der Waals surface area contributed by atoms with Crippen LogP contribution in [0.15, 0.2) is 12.4 Å². The Balaban J connectivity index is 2.19. The minimum Gasteiger partial charge on any atom is -0.368 e. The van der Waals surface area contributed by atoms with Gasteiger partial charge in [0, 0.05) is 13.1 Å². The first kappa shape index (κ1) is 10.8. The van der Waals surface area contributed by atoms with Crippen LogP contribution in [0.4, 0.5) is 5.82 Å². The van der Waals surface area contributed by atoms with Gasteiger partial charge in [-0.3, -0.25) is 9.78 Å². The zero-order valence-corrected chi connectivity index (χ0v) is 8.97. The summed E-state index contributed by atoms with van der Waals surface area (Å²) in [6.45, 7) is 1.16. The third kappa shape index (κ3) is 1.96. The van der Waals surface area contributed by atoms with Gasteiger partial charge in [0.25, 0.3) is 0 Å². The molecule has 86 valence electrons. The summed E-state index contributed by atoms with van der Waals surface area (Å²) in [4.78, 5) is 21.5. The molecule has 2 heterocycles. The number of hydrogen-bond acceptors (Lipinski definition) is 5. The van der Waals surface area contributed by atoms with Gasteiger partial charge in [0.05, 0.1) is 18.1 Å². The lowest BCUT2D eigenvalue weighted by atomic mass is 10.2. The summed E-state index contributed by atoms with van der Waals surface area (Å²) in [7, 11) is 0. The molecule has 0 radical (unpaired) electrons. The minimum absolute atomic E-state index is 0.252. The Hall–Kier alpha value is -1.69. The molecule has 0 spiro atoms. The predicted octanol–water partition coefficient (Wildman–Crippen LogP) is -0.611. The summed E-state index contributed by atoms with van der Waals surface area (Å²) in [5.41, 5.74) is 11.5. The normalized spacial score (nSPS) is 20.1. The molecule has 4 N–H and O–H groups in total. The van der Waals surface area contributed by atoms with Crippen molar-refractivity contribution in [2.24, 2.45) is 11.5 Å². The van der Waals surface area contributed by atoms with E-state index < -0.39 is 0 Å². The van der Waals surface area contributed by atoms with Crippen LogP contribution in [-0.4, -0.2) is 28.5 Å². The van der Waals surface area contributed by atoms with Crippen molar-refractivity contribution in [2.45, 2.75) is 25.4 Å². The number of rotatable bonds is 3. The van der Waals surface area contributed by atoms with Crippen molar-refractivity contribution in [3.8, 4) is 0 Å². The molecule has 1 aromatic heterocycles. The molecule has 1 amide bonds.